The summed E-state index contributed by atoms with van der Waals surface area (Å²) in [4.78, 5) is 0. The summed E-state index contributed by atoms with van der Waals surface area (Å²) in [6.07, 6.45) is 11.9. The second kappa shape index (κ2) is 4.54. The van der Waals surface area contributed by atoms with Gasteiger partial charge in [-0.1, -0.05) is 6.08 Å². The molecule has 2 rings (SSSR count). The van der Waals surface area contributed by atoms with E-state index in [0.717, 1.165) is 37.9 Å². The van der Waals surface area contributed by atoms with Crippen molar-refractivity contribution in [1.82, 2.24) is 0 Å². The zero-order valence-electron chi connectivity index (χ0n) is 8.54. The molecule has 78 valence electrons. The summed E-state index contributed by atoms with van der Waals surface area (Å²) in [7, 11) is 0. The van der Waals surface area contributed by atoms with Crippen molar-refractivity contribution in [2.45, 2.75) is 51.0 Å². The fourth-order valence-electron chi connectivity index (χ4n) is 2.05. The van der Waals surface area contributed by atoms with Crippen LogP contribution in [-0.2, 0) is 4.74 Å². The molecule has 0 aliphatic heterocycles. The Morgan fingerprint density at radius 1 is 1.21 bits per heavy atom. The molecule has 0 saturated heterocycles. The molecule has 0 fully saturated rings. The summed E-state index contributed by atoms with van der Waals surface area (Å²) in [6.45, 7) is 0. The third kappa shape index (κ3) is 2.31. The molecule has 0 radical (unpaired) electrons. The van der Waals surface area contributed by atoms with Gasteiger partial charge in [0.25, 0.3) is 0 Å². The quantitative estimate of drug-likeness (QED) is 0.682. The van der Waals surface area contributed by atoms with E-state index < -0.39 is 0 Å². The van der Waals surface area contributed by atoms with Gasteiger partial charge in [0.15, 0.2) is 0 Å². The Bertz CT molecular complexity index is 253. The minimum absolute atomic E-state index is 0.207. The molecule has 14 heavy (non-hydrogen) atoms. The Labute approximate surface area is 85.3 Å². The number of hydrogen-bond acceptors (Lipinski definition) is 2. The summed E-state index contributed by atoms with van der Waals surface area (Å²) >= 11 is 0. The molecule has 1 N–H and O–H groups in total. The van der Waals surface area contributed by atoms with Crippen LogP contribution in [0.15, 0.2) is 23.7 Å². The smallest absolute Gasteiger partial charge is 0.134 e. The van der Waals surface area contributed by atoms with Crippen LogP contribution in [0.4, 0.5) is 0 Å². The molecule has 0 aromatic rings. The van der Waals surface area contributed by atoms with Crippen molar-refractivity contribution in [1.29, 1.82) is 0 Å². The lowest BCUT2D eigenvalue weighted by molar-refractivity contribution is 0.111. The van der Waals surface area contributed by atoms with E-state index in [2.05, 4.69) is 12.2 Å². The molecule has 0 saturated carbocycles. The van der Waals surface area contributed by atoms with Gasteiger partial charge in [0, 0.05) is 12.8 Å². The second-order valence-electron chi connectivity index (χ2n) is 4.09. The third-order valence-corrected chi connectivity index (χ3v) is 2.89. The summed E-state index contributed by atoms with van der Waals surface area (Å²) in [5.74, 6) is 1.32. The SMILES string of the molecule is OC1=C(OC2C=CCCC2)CCCC1. The summed E-state index contributed by atoms with van der Waals surface area (Å²) in [5.41, 5.74) is 0. The highest BCUT2D eigenvalue weighted by Crippen LogP contribution is 2.26. The minimum Gasteiger partial charge on any atom is -0.509 e. The molecule has 2 aliphatic carbocycles. The van der Waals surface area contributed by atoms with E-state index in [4.69, 9.17) is 4.74 Å². The van der Waals surface area contributed by atoms with Crippen molar-refractivity contribution in [3.8, 4) is 0 Å². The van der Waals surface area contributed by atoms with Crippen molar-refractivity contribution in [2.24, 2.45) is 0 Å². The normalized spacial score (nSPS) is 27.9. The van der Waals surface area contributed by atoms with Crippen LogP contribution in [0, 0.1) is 0 Å². The van der Waals surface area contributed by atoms with Crippen LogP contribution in [0.2, 0.25) is 0 Å². The van der Waals surface area contributed by atoms with Gasteiger partial charge < -0.3 is 9.84 Å². The Morgan fingerprint density at radius 2 is 2.07 bits per heavy atom. The predicted octanol–water partition coefficient (Wildman–Crippen LogP) is 3.46. The van der Waals surface area contributed by atoms with Crippen LogP contribution in [0.1, 0.15) is 44.9 Å². The average Bonchev–Trinajstić information content (AvgIpc) is 2.23. The van der Waals surface area contributed by atoms with E-state index >= 15 is 0 Å². The molecule has 0 amide bonds. The molecule has 0 spiro atoms. The summed E-state index contributed by atoms with van der Waals surface area (Å²) < 4.78 is 5.79. The first-order valence-corrected chi connectivity index (χ1v) is 5.60. The van der Waals surface area contributed by atoms with Gasteiger partial charge in [-0.2, -0.15) is 0 Å². The standard InChI is InChI=1S/C12H18O2/c13-11-8-4-5-9-12(11)14-10-6-2-1-3-7-10/h2,6,10,13H,1,3-5,7-9H2. The van der Waals surface area contributed by atoms with Crippen LogP contribution < -0.4 is 0 Å². The maximum atomic E-state index is 9.63. The lowest BCUT2D eigenvalue weighted by atomic mass is 10.0. The van der Waals surface area contributed by atoms with Gasteiger partial charge in [-0.25, -0.2) is 0 Å². The number of rotatable bonds is 2. The maximum absolute atomic E-state index is 9.63. The summed E-state index contributed by atoms with van der Waals surface area (Å²) in [5, 5.41) is 9.63. The number of allylic oxidation sites excluding steroid dienone is 3. The van der Waals surface area contributed by atoms with Gasteiger partial charge in [-0.05, 0) is 38.2 Å². The molecular weight excluding hydrogens is 176 g/mol. The third-order valence-electron chi connectivity index (χ3n) is 2.89. The Morgan fingerprint density at radius 3 is 2.79 bits per heavy atom. The molecular formula is C12H18O2. The van der Waals surface area contributed by atoms with Crippen LogP contribution in [0.5, 0.6) is 0 Å². The van der Waals surface area contributed by atoms with Crippen LogP contribution in [0.3, 0.4) is 0 Å². The van der Waals surface area contributed by atoms with E-state index in [0.29, 0.717) is 5.76 Å². The van der Waals surface area contributed by atoms with E-state index in [9.17, 15) is 5.11 Å². The van der Waals surface area contributed by atoms with Gasteiger partial charge in [0.2, 0.25) is 0 Å². The van der Waals surface area contributed by atoms with Crippen LogP contribution in [0.25, 0.3) is 0 Å². The first kappa shape index (κ1) is 9.63. The van der Waals surface area contributed by atoms with Gasteiger partial charge in [0.05, 0.1) is 0 Å². The maximum Gasteiger partial charge on any atom is 0.134 e. The van der Waals surface area contributed by atoms with Crippen molar-refractivity contribution in [2.75, 3.05) is 0 Å². The van der Waals surface area contributed by atoms with Crippen molar-refractivity contribution < 1.29 is 9.84 Å². The second-order valence-corrected chi connectivity index (χ2v) is 4.09. The predicted molar refractivity (Wildman–Crippen MR) is 56.0 cm³/mol. The molecule has 2 aliphatic rings. The molecule has 0 aromatic carbocycles. The zero-order valence-corrected chi connectivity index (χ0v) is 8.54. The topological polar surface area (TPSA) is 29.5 Å². The molecule has 1 unspecified atom stereocenters. The molecule has 2 heteroatoms. The van der Waals surface area contributed by atoms with E-state index in [1.807, 2.05) is 0 Å². The first-order chi connectivity index (χ1) is 6.86. The fourth-order valence-corrected chi connectivity index (χ4v) is 2.05. The van der Waals surface area contributed by atoms with E-state index in [-0.39, 0.29) is 6.10 Å². The number of hydrogen-bond donors (Lipinski definition) is 1. The molecule has 1 atom stereocenters. The van der Waals surface area contributed by atoms with Gasteiger partial charge in [-0.3, -0.25) is 0 Å². The average molecular weight is 194 g/mol. The van der Waals surface area contributed by atoms with Crippen molar-refractivity contribution >= 4 is 0 Å². The highest BCUT2D eigenvalue weighted by Gasteiger charge is 2.17. The molecule has 0 bridgehead atoms. The minimum atomic E-state index is 0.207. The molecule has 0 heterocycles. The van der Waals surface area contributed by atoms with Gasteiger partial charge >= 0.3 is 0 Å². The number of ether oxygens (including phenoxy) is 1. The Hall–Kier alpha value is -0.920. The van der Waals surface area contributed by atoms with Crippen molar-refractivity contribution in [3.63, 3.8) is 0 Å². The van der Waals surface area contributed by atoms with E-state index in [1.54, 1.807) is 0 Å². The fraction of sp³-hybridized carbons (Fsp3) is 0.667. The lowest BCUT2D eigenvalue weighted by Crippen LogP contribution is -2.14. The Kier molecular flexibility index (Phi) is 3.12. The summed E-state index contributed by atoms with van der Waals surface area (Å²) in [6, 6.07) is 0. The van der Waals surface area contributed by atoms with Crippen LogP contribution >= 0.6 is 0 Å². The first-order valence-electron chi connectivity index (χ1n) is 5.60. The highest BCUT2D eigenvalue weighted by molar-refractivity contribution is 5.06. The van der Waals surface area contributed by atoms with Gasteiger partial charge in [-0.15, -0.1) is 0 Å². The highest BCUT2D eigenvalue weighted by atomic mass is 16.5. The molecule has 0 aromatic heterocycles. The number of aliphatic hydroxyl groups excluding tert-OH is 1. The molecule has 2 nitrogen and oxygen atoms in total. The van der Waals surface area contributed by atoms with E-state index in [1.165, 1.54) is 12.8 Å². The lowest BCUT2D eigenvalue weighted by Gasteiger charge is -2.23. The monoisotopic (exact) mass is 194 g/mol. The van der Waals surface area contributed by atoms with Crippen LogP contribution in [-0.4, -0.2) is 11.2 Å². The zero-order chi connectivity index (χ0) is 9.80. The van der Waals surface area contributed by atoms with Gasteiger partial charge in [0.1, 0.15) is 17.6 Å². The Balaban J connectivity index is 1.95. The largest absolute Gasteiger partial charge is 0.509 e. The number of aliphatic hydroxyl groups is 1. The van der Waals surface area contributed by atoms with Crippen molar-refractivity contribution in [3.05, 3.63) is 23.7 Å².